The van der Waals surface area contributed by atoms with E-state index >= 15 is 0 Å². The second-order valence-electron chi connectivity index (χ2n) is 7.08. The largest absolute Gasteiger partial charge is 0.371 e. The highest BCUT2D eigenvalue weighted by molar-refractivity contribution is 5.83. The summed E-state index contributed by atoms with van der Waals surface area (Å²) in [5.41, 5.74) is 1.24. The highest BCUT2D eigenvalue weighted by Crippen LogP contribution is 2.16. The quantitative estimate of drug-likeness (QED) is 0.815. The summed E-state index contributed by atoms with van der Waals surface area (Å²) < 4.78 is 5.59. The van der Waals surface area contributed by atoms with Crippen molar-refractivity contribution in [2.75, 3.05) is 26.3 Å². The summed E-state index contributed by atoms with van der Waals surface area (Å²) in [6.45, 7) is 4.96. The lowest BCUT2D eigenvalue weighted by Gasteiger charge is -2.22. The van der Waals surface area contributed by atoms with Crippen LogP contribution in [0.4, 0.5) is 0 Å². The molecule has 2 aromatic rings. The number of hydrogen-bond donors (Lipinski definition) is 2. The second-order valence-corrected chi connectivity index (χ2v) is 7.08. The highest BCUT2D eigenvalue weighted by atomic mass is 16.5. The fourth-order valence-corrected chi connectivity index (χ4v) is 3.47. The lowest BCUT2D eigenvalue weighted by atomic mass is 10.0. The predicted octanol–water partition coefficient (Wildman–Crippen LogP) is 2.90. The molecule has 0 radical (unpaired) electrons. The summed E-state index contributed by atoms with van der Waals surface area (Å²) in [6.07, 6.45) is 3.21. The van der Waals surface area contributed by atoms with Crippen LogP contribution in [-0.2, 0) is 16.0 Å². The third-order valence-electron chi connectivity index (χ3n) is 4.75. The van der Waals surface area contributed by atoms with Crippen molar-refractivity contribution < 1.29 is 9.53 Å². The molecule has 1 aliphatic heterocycles. The topological polar surface area (TPSA) is 50.4 Å². The molecule has 1 fully saturated rings. The zero-order valence-corrected chi connectivity index (χ0v) is 15.0. The smallest absolute Gasteiger partial charge is 0.246 e. The van der Waals surface area contributed by atoms with Crippen LogP contribution in [0.2, 0.25) is 0 Å². The molecule has 1 aliphatic rings. The summed E-state index contributed by atoms with van der Waals surface area (Å²) in [5.74, 6) is 0.508. The summed E-state index contributed by atoms with van der Waals surface area (Å²) in [5, 5.41) is 8.88. The maximum absolute atomic E-state index is 12.0. The number of rotatable bonds is 7. The van der Waals surface area contributed by atoms with E-state index in [9.17, 15) is 4.79 Å². The van der Waals surface area contributed by atoms with E-state index in [1.165, 1.54) is 29.2 Å². The van der Waals surface area contributed by atoms with Crippen molar-refractivity contribution in [1.82, 2.24) is 10.6 Å². The minimum Gasteiger partial charge on any atom is -0.371 e. The van der Waals surface area contributed by atoms with Crippen LogP contribution in [0.3, 0.4) is 0 Å². The van der Waals surface area contributed by atoms with Crippen molar-refractivity contribution in [1.29, 1.82) is 0 Å². The fourth-order valence-electron chi connectivity index (χ4n) is 3.47. The van der Waals surface area contributed by atoms with Crippen LogP contribution >= 0.6 is 0 Å². The Kier molecular flexibility index (Phi) is 6.42. The molecule has 2 unspecified atom stereocenters. The Labute approximate surface area is 149 Å². The van der Waals surface area contributed by atoms with Crippen LogP contribution in [0.15, 0.2) is 42.5 Å². The lowest BCUT2D eigenvalue weighted by Crippen LogP contribution is -2.38. The van der Waals surface area contributed by atoms with Crippen molar-refractivity contribution in [3.05, 3.63) is 48.0 Å². The number of benzene rings is 2. The summed E-state index contributed by atoms with van der Waals surface area (Å²) in [6, 6.07) is 14.9. The van der Waals surface area contributed by atoms with E-state index < -0.39 is 0 Å². The predicted molar refractivity (Wildman–Crippen MR) is 102 cm³/mol. The zero-order chi connectivity index (χ0) is 17.5. The van der Waals surface area contributed by atoms with Gasteiger partial charge in [0.2, 0.25) is 5.91 Å². The van der Waals surface area contributed by atoms with Gasteiger partial charge in [-0.1, -0.05) is 42.5 Å². The van der Waals surface area contributed by atoms with E-state index in [-0.39, 0.29) is 18.6 Å². The third kappa shape index (κ3) is 5.55. The first-order valence-corrected chi connectivity index (χ1v) is 9.26. The number of ether oxygens (including phenoxy) is 1. The molecule has 134 valence electrons. The number of fused-ring (bicyclic) bond motifs is 1. The molecule has 0 saturated carbocycles. The van der Waals surface area contributed by atoms with Crippen molar-refractivity contribution >= 4 is 16.7 Å². The Morgan fingerprint density at radius 2 is 2.12 bits per heavy atom. The number of carbonyl (C=O) groups excluding carboxylic acids is 1. The molecule has 25 heavy (non-hydrogen) atoms. The average molecular weight is 340 g/mol. The lowest BCUT2D eigenvalue weighted by molar-refractivity contribution is -0.126. The molecule has 2 N–H and O–H groups in total. The van der Waals surface area contributed by atoms with Gasteiger partial charge in [0.15, 0.2) is 0 Å². The van der Waals surface area contributed by atoms with Gasteiger partial charge in [-0.25, -0.2) is 0 Å². The van der Waals surface area contributed by atoms with Gasteiger partial charge >= 0.3 is 0 Å². The molecule has 1 saturated heterocycles. The van der Waals surface area contributed by atoms with Gasteiger partial charge in [-0.05, 0) is 55.0 Å². The fraction of sp³-hybridized carbons (Fsp3) is 0.476. The van der Waals surface area contributed by atoms with E-state index in [1.807, 2.05) is 13.0 Å². The number of carbonyl (C=O) groups is 1. The molecule has 3 rings (SSSR count). The molecule has 2 aromatic carbocycles. The molecule has 1 heterocycles. The van der Waals surface area contributed by atoms with E-state index in [1.54, 1.807) is 0 Å². The molecule has 1 amide bonds. The number of hydrogen-bond acceptors (Lipinski definition) is 3. The first-order chi connectivity index (χ1) is 12.2. The van der Waals surface area contributed by atoms with E-state index in [0.29, 0.717) is 12.5 Å². The van der Waals surface area contributed by atoms with Crippen LogP contribution < -0.4 is 10.6 Å². The van der Waals surface area contributed by atoms with Crippen LogP contribution in [0.25, 0.3) is 10.8 Å². The first-order valence-electron chi connectivity index (χ1n) is 9.26. The molecule has 0 bridgehead atoms. The Morgan fingerprint density at radius 1 is 1.28 bits per heavy atom. The molecule has 4 nitrogen and oxygen atoms in total. The summed E-state index contributed by atoms with van der Waals surface area (Å²) in [7, 11) is 0. The van der Waals surface area contributed by atoms with Gasteiger partial charge in [0.1, 0.15) is 6.61 Å². The maximum Gasteiger partial charge on any atom is 0.246 e. The standard InChI is InChI=1S/C21H28N2O2/c1-16(11-17-8-9-19-6-2-3-7-20(19)12-17)23-21(24)15-25-14-18-5-4-10-22-13-18/h2-3,6-9,12,16,18,22H,4-5,10-11,13-15H2,1H3,(H,23,24). The van der Waals surface area contributed by atoms with Crippen LogP contribution in [0.5, 0.6) is 0 Å². The van der Waals surface area contributed by atoms with Gasteiger partial charge in [0, 0.05) is 12.6 Å². The van der Waals surface area contributed by atoms with Gasteiger partial charge < -0.3 is 15.4 Å². The van der Waals surface area contributed by atoms with Gasteiger partial charge in [0.25, 0.3) is 0 Å². The molecule has 0 aliphatic carbocycles. The Bertz CT molecular complexity index is 695. The van der Waals surface area contributed by atoms with Gasteiger partial charge in [-0.3, -0.25) is 4.79 Å². The Morgan fingerprint density at radius 3 is 2.92 bits per heavy atom. The molecule has 2 atom stereocenters. The van der Waals surface area contributed by atoms with Crippen LogP contribution in [0.1, 0.15) is 25.3 Å². The van der Waals surface area contributed by atoms with Crippen LogP contribution in [-0.4, -0.2) is 38.3 Å². The minimum absolute atomic E-state index is 0.0305. The van der Waals surface area contributed by atoms with E-state index in [0.717, 1.165) is 19.5 Å². The summed E-state index contributed by atoms with van der Waals surface area (Å²) >= 11 is 0. The Hall–Kier alpha value is -1.91. The van der Waals surface area contributed by atoms with Gasteiger partial charge in [-0.2, -0.15) is 0 Å². The minimum atomic E-state index is -0.0305. The maximum atomic E-state index is 12.0. The van der Waals surface area contributed by atoms with Crippen molar-refractivity contribution in [2.45, 2.75) is 32.2 Å². The van der Waals surface area contributed by atoms with E-state index in [2.05, 4.69) is 47.0 Å². The van der Waals surface area contributed by atoms with Crippen molar-refractivity contribution in [3.63, 3.8) is 0 Å². The SMILES string of the molecule is CC(Cc1ccc2ccccc2c1)NC(=O)COCC1CCCNC1. The monoisotopic (exact) mass is 340 g/mol. The molecule has 0 aromatic heterocycles. The molecule has 4 heteroatoms. The highest BCUT2D eigenvalue weighted by Gasteiger charge is 2.14. The Balaban J connectivity index is 1.41. The molecular formula is C21H28N2O2. The third-order valence-corrected chi connectivity index (χ3v) is 4.75. The number of nitrogens with one attached hydrogen (secondary N) is 2. The average Bonchev–Trinajstić information content (AvgIpc) is 2.62. The van der Waals surface area contributed by atoms with E-state index in [4.69, 9.17) is 4.74 Å². The number of amides is 1. The van der Waals surface area contributed by atoms with Gasteiger partial charge in [0.05, 0.1) is 6.61 Å². The molecule has 0 spiro atoms. The van der Waals surface area contributed by atoms with Crippen LogP contribution in [0, 0.1) is 5.92 Å². The van der Waals surface area contributed by atoms with Gasteiger partial charge in [-0.15, -0.1) is 0 Å². The molecular weight excluding hydrogens is 312 g/mol. The van der Waals surface area contributed by atoms with Crippen molar-refractivity contribution in [2.24, 2.45) is 5.92 Å². The first kappa shape index (κ1) is 17.9. The number of piperidine rings is 1. The zero-order valence-electron chi connectivity index (χ0n) is 15.0. The second kappa shape index (κ2) is 8.97. The summed E-state index contributed by atoms with van der Waals surface area (Å²) in [4.78, 5) is 12.0. The normalized spacial score (nSPS) is 18.8. The van der Waals surface area contributed by atoms with Crippen molar-refractivity contribution in [3.8, 4) is 0 Å².